The molecule has 1 aliphatic carbocycles. The van der Waals surface area contributed by atoms with Crippen LogP contribution in [0.4, 0.5) is 0 Å². The predicted octanol–water partition coefficient (Wildman–Crippen LogP) is 2.88. The van der Waals surface area contributed by atoms with Crippen LogP contribution in [0.15, 0.2) is 28.7 Å². The molecule has 1 aliphatic rings. The molecular formula is C15H17NO3. The minimum atomic E-state index is -1.01. The maximum atomic E-state index is 11.2. The lowest BCUT2D eigenvalue weighted by atomic mass is 10.1. The van der Waals surface area contributed by atoms with Crippen LogP contribution in [0.2, 0.25) is 0 Å². The number of fused-ring (bicyclic) bond motifs is 1. The number of aromatic carboxylic acids is 1. The molecular weight excluding hydrogens is 242 g/mol. The van der Waals surface area contributed by atoms with Gasteiger partial charge in [0, 0.05) is 17.5 Å². The number of carboxylic acid groups (broad SMARTS) is 1. The smallest absolute Gasteiger partial charge is 0.372 e. The summed E-state index contributed by atoms with van der Waals surface area (Å²) in [5.41, 5.74) is 1.38. The van der Waals surface area contributed by atoms with Crippen LogP contribution in [0.3, 0.4) is 0 Å². The van der Waals surface area contributed by atoms with Gasteiger partial charge in [-0.05, 0) is 30.9 Å². The second kappa shape index (κ2) is 4.70. The van der Waals surface area contributed by atoms with E-state index in [0.29, 0.717) is 12.1 Å². The Kier molecular flexibility index (Phi) is 3.03. The van der Waals surface area contributed by atoms with Gasteiger partial charge in [-0.25, -0.2) is 4.79 Å². The molecule has 0 amide bonds. The molecule has 4 heteroatoms. The van der Waals surface area contributed by atoms with Gasteiger partial charge in [0.25, 0.3) is 0 Å². The zero-order chi connectivity index (χ0) is 13.4. The monoisotopic (exact) mass is 259 g/mol. The molecule has 2 atom stereocenters. The quantitative estimate of drug-likeness (QED) is 0.866. The zero-order valence-electron chi connectivity index (χ0n) is 10.8. The molecule has 1 saturated carbocycles. The molecule has 2 aromatic rings. The Hall–Kier alpha value is -1.81. The SMILES string of the molecule is CC1CC1CNCc1c(C(=O)O)oc2ccccc12. The first-order valence-corrected chi connectivity index (χ1v) is 6.61. The van der Waals surface area contributed by atoms with E-state index in [4.69, 9.17) is 4.42 Å². The number of para-hydroxylation sites is 1. The number of carboxylic acids is 1. The van der Waals surface area contributed by atoms with E-state index >= 15 is 0 Å². The highest BCUT2D eigenvalue weighted by atomic mass is 16.4. The van der Waals surface area contributed by atoms with E-state index in [2.05, 4.69) is 12.2 Å². The minimum absolute atomic E-state index is 0.0533. The number of furan rings is 1. The van der Waals surface area contributed by atoms with E-state index in [1.807, 2.05) is 18.2 Å². The topological polar surface area (TPSA) is 62.5 Å². The van der Waals surface area contributed by atoms with Gasteiger partial charge in [-0.15, -0.1) is 0 Å². The van der Waals surface area contributed by atoms with Gasteiger partial charge >= 0.3 is 5.97 Å². The third-order valence-corrected chi connectivity index (χ3v) is 3.88. The molecule has 0 saturated heterocycles. The van der Waals surface area contributed by atoms with Gasteiger partial charge in [-0.1, -0.05) is 25.1 Å². The third kappa shape index (κ3) is 2.36. The van der Waals surface area contributed by atoms with E-state index in [9.17, 15) is 9.90 Å². The molecule has 0 radical (unpaired) electrons. The van der Waals surface area contributed by atoms with Crippen LogP contribution in [-0.4, -0.2) is 17.6 Å². The van der Waals surface area contributed by atoms with Crippen molar-refractivity contribution < 1.29 is 14.3 Å². The molecule has 0 spiro atoms. The van der Waals surface area contributed by atoms with Gasteiger partial charge in [-0.3, -0.25) is 0 Å². The molecule has 1 fully saturated rings. The van der Waals surface area contributed by atoms with Crippen LogP contribution in [0.25, 0.3) is 11.0 Å². The number of nitrogens with one attached hydrogen (secondary N) is 1. The second-order valence-corrected chi connectivity index (χ2v) is 5.32. The average molecular weight is 259 g/mol. The third-order valence-electron chi connectivity index (χ3n) is 3.88. The molecule has 0 bridgehead atoms. The molecule has 2 N–H and O–H groups in total. The summed E-state index contributed by atoms with van der Waals surface area (Å²) in [6.45, 7) is 3.73. The Morgan fingerprint density at radius 2 is 2.21 bits per heavy atom. The zero-order valence-corrected chi connectivity index (χ0v) is 10.8. The lowest BCUT2D eigenvalue weighted by molar-refractivity contribution is 0.0663. The summed E-state index contributed by atoms with van der Waals surface area (Å²) in [5.74, 6) is 0.587. The Morgan fingerprint density at radius 1 is 1.47 bits per heavy atom. The van der Waals surface area contributed by atoms with E-state index in [-0.39, 0.29) is 5.76 Å². The lowest BCUT2D eigenvalue weighted by Gasteiger charge is -2.03. The highest BCUT2D eigenvalue weighted by Crippen LogP contribution is 2.37. The Labute approximate surface area is 111 Å². The highest BCUT2D eigenvalue weighted by molar-refractivity contribution is 5.95. The van der Waals surface area contributed by atoms with Gasteiger partial charge in [-0.2, -0.15) is 0 Å². The predicted molar refractivity (Wildman–Crippen MR) is 72.2 cm³/mol. The van der Waals surface area contributed by atoms with Crippen molar-refractivity contribution >= 4 is 16.9 Å². The summed E-state index contributed by atoms with van der Waals surface area (Å²) < 4.78 is 5.42. The largest absolute Gasteiger partial charge is 0.475 e. The van der Waals surface area contributed by atoms with E-state index in [1.165, 1.54) is 6.42 Å². The first kappa shape index (κ1) is 12.2. The number of carbonyl (C=O) groups is 1. The van der Waals surface area contributed by atoms with Gasteiger partial charge in [0.05, 0.1) is 0 Å². The van der Waals surface area contributed by atoms with E-state index < -0.39 is 5.97 Å². The van der Waals surface area contributed by atoms with Crippen molar-refractivity contribution in [2.24, 2.45) is 11.8 Å². The van der Waals surface area contributed by atoms with E-state index in [1.54, 1.807) is 6.07 Å². The summed E-state index contributed by atoms with van der Waals surface area (Å²) in [5, 5.41) is 13.4. The highest BCUT2D eigenvalue weighted by Gasteiger charge is 2.31. The minimum Gasteiger partial charge on any atom is -0.475 e. The maximum Gasteiger partial charge on any atom is 0.372 e. The number of benzene rings is 1. The van der Waals surface area contributed by atoms with Crippen LogP contribution in [0, 0.1) is 11.8 Å². The molecule has 4 nitrogen and oxygen atoms in total. The van der Waals surface area contributed by atoms with Gasteiger partial charge < -0.3 is 14.8 Å². The summed E-state index contributed by atoms with van der Waals surface area (Å²) >= 11 is 0. The molecule has 1 aromatic heterocycles. The first-order valence-electron chi connectivity index (χ1n) is 6.61. The van der Waals surface area contributed by atoms with Crippen molar-refractivity contribution in [1.82, 2.24) is 5.32 Å². The average Bonchev–Trinajstić information content (AvgIpc) is 2.96. The summed E-state index contributed by atoms with van der Waals surface area (Å²) in [6, 6.07) is 7.45. The van der Waals surface area contributed by atoms with Crippen LogP contribution in [-0.2, 0) is 6.54 Å². The molecule has 1 heterocycles. The Morgan fingerprint density at radius 3 is 2.89 bits per heavy atom. The normalized spacial score (nSPS) is 21.7. The van der Waals surface area contributed by atoms with Gasteiger partial charge in [0.1, 0.15) is 5.58 Å². The Bertz CT molecular complexity index is 617. The molecule has 3 rings (SSSR count). The van der Waals surface area contributed by atoms with Crippen LogP contribution in [0.5, 0.6) is 0 Å². The van der Waals surface area contributed by atoms with Crippen molar-refractivity contribution in [1.29, 1.82) is 0 Å². The van der Waals surface area contributed by atoms with Gasteiger partial charge in [0.2, 0.25) is 5.76 Å². The van der Waals surface area contributed by atoms with Crippen LogP contribution in [0.1, 0.15) is 29.5 Å². The fraction of sp³-hybridized carbons (Fsp3) is 0.400. The molecule has 2 unspecified atom stereocenters. The standard InChI is InChI=1S/C15H17NO3/c1-9-6-10(9)7-16-8-12-11-4-2-3-5-13(11)19-14(12)15(17)18/h2-5,9-10,16H,6-8H2,1H3,(H,17,18). The van der Waals surface area contributed by atoms with Crippen molar-refractivity contribution in [3.8, 4) is 0 Å². The fourth-order valence-corrected chi connectivity index (χ4v) is 2.51. The second-order valence-electron chi connectivity index (χ2n) is 5.32. The van der Waals surface area contributed by atoms with Crippen LogP contribution < -0.4 is 5.32 Å². The van der Waals surface area contributed by atoms with Crippen LogP contribution >= 0.6 is 0 Å². The first-order chi connectivity index (χ1) is 9.16. The molecule has 100 valence electrons. The van der Waals surface area contributed by atoms with Crippen molar-refractivity contribution in [3.05, 3.63) is 35.6 Å². The molecule has 1 aromatic carbocycles. The summed E-state index contributed by atoms with van der Waals surface area (Å²) in [7, 11) is 0. The van der Waals surface area contributed by atoms with Gasteiger partial charge in [0.15, 0.2) is 0 Å². The number of rotatable bonds is 5. The summed E-state index contributed by atoms with van der Waals surface area (Å²) in [4.78, 5) is 11.2. The Balaban J connectivity index is 1.82. The molecule has 0 aliphatic heterocycles. The van der Waals surface area contributed by atoms with E-state index in [0.717, 1.165) is 29.3 Å². The van der Waals surface area contributed by atoms with Crippen molar-refractivity contribution in [2.75, 3.05) is 6.54 Å². The maximum absolute atomic E-state index is 11.2. The van der Waals surface area contributed by atoms with Crippen molar-refractivity contribution in [3.63, 3.8) is 0 Å². The fourth-order valence-electron chi connectivity index (χ4n) is 2.51. The number of hydrogen-bond acceptors (Lipinski definition) is 3. The summed E-state index contributed by atoms with van der Waals surface area (Å²) in [6.07, 6.45) is 1.27. The van der Waals surface area contributed by atoms with Crippen molar-refractivity contribution in [2.45, 2.75) is 19.9 Å². The number of hydrogen-bond donors (Lipinski definition) is 2. The lowest BCUT2D eigenvalue weighted by Crippen LogP contribution is -2.18. The molecule has 19 heavy (non-hydrogen) atoms.